The third-order valence-corrected chi connectivity index (χ3v) is 3.02. The Labute approximate surface area is 117 Å². The first-order chi connectivity index (χ1) is 9.97. The number of nitrogens with zero attached hydrogens (tertiary/aromatic N) is 3. The Morgan fingerprint density at radius 1 is 1.10 bits per heavy atom. The number of hydrogen-bond acceptors (Lipinski definition) is 3. The van der Waals surface area contributed by atoms with Crippen LogP contribution in [0.2, 0.25) is 0 Å². The van der Waals surface area contributed by atoms with Crippen molar-refractivity contribution in [3.63, 3.8) is 0 Å². The fourth-order valence-electron chi connectivity index (χ4n) is 1.92. The molecule has 0 radical (unpaired) electrons. The number of ether oxygens (including phenoxy) is 1. The van der Waals surface area contributed by atoms with Gasteiger partial charge in [-0.15, -0.1) is 5.10 Å². The maximum Gasteiger partial charge on any atom is 0.416 e. The first-order valence-electron chi connectivity index (χ1n) is 6.05. The van der Waals surface area contributed by atoms with Gasteiger partial charge in [0.15, 0.2) is 11.5 Å². The molecule has 0 amide bonds. The number of rotatable bonds is 2. The van der Waals surface area contributed by atoms with Crippen LogP contribution in [0.25, 0.3) is 17.0 Å². The Morgan fingerprint density at radius 2 is 1.81 bits per heavy atom. The summed E-state index contributed by atoms with van der Waals surface area (Å²) in [5, 5.41) is 4.22. The molecule has 0 fully saturated rings. The first kappa shape index (κ1) is 13.4. The zero-order valence-electron chi connectivity index (χ0n) is 10.9. The SMILES string of the molecule is COc1ccn2nc(-c3ccc(C(F)(F)F)cc3)nc2c1. The zero-order chi connectivity index (χ0) is 15.0. The van der Waals surface area contributed by atoms with Crippen LogP contribution in [-0.2, 0) is 6.18 Å². The van der Waals surface area contributed by atoms with Gasteiger partial charge in [-0.2, -0.15) is 13.2 Å². The third-order valence-electron chi connectivity index (χ3n) is 3.02. The molecule has 0 aliphatic heterocycles. The largest absolute Gasteiger partial charge is 0.497 e. The van der Waals surface area contributed by atoms with Gasteiger partial charge in [-0.05, 0) is 18.2 Å². The van der Waals surface area contributed by atoms with E-state index in [0.717, 1.165) is 12.1 Å². The van der Waals surface area contributed by atoms with E-state index in [0.29, 0.717) is 22.8 Å². The van der Waals surface area contributed by atoms with E-state index in [4.69, 9.17) is 4.74 Å². The maximum absolute atomic E-state index is 12.5. The van der Waals surface area contributed by atoms with E-state index >= 15 is 0 Å². The second-order valence-electron chi connectivity index (χ2n) is 4.38. The molecule has 0 unspecified atom stereocenters. The summed E-state index contributed by atoms with van der Waals surface area (Å²) >= 11 is 0. The Morgan fingerprint density at radius 3 is 2.43 bits per heavy atom. The van der Waals surface area contributed by atoms with Crippen molar-refractivity contribution >= 4 is 5.65 Å². The predicted molar refractivity (Wildman–Crippen MR) is 70.0 cm³/mol. The average Bonchev–Trinajstić information content (AvgIpc) is 2.89. The highest BCUT2D eigenvalue weighted by molar-refractivity contribution is 5.59. The molecule has 0 atom stereocenters. The van der Waals surface area contributed by atoms with Gasteiger partial charge < -0.3 is 4.74 Å². The van der Waals surface area contributed by atoms with E-state index in [2.05, 4.69) is 10.1 Å². The minimum Gasteiger partial charge on any atom is -0.497 e. The summed E-state index contributed by atoms with van der Waals surface area (Å²) in [5.74, 6) is 0.992. The number of hydrogen-bond donors (Lipinski definition) is 0. The van der Waals surface area contributed by atoms with Crippen LogP contribution in [0.4, 0.5) is 13.2 Å². The summed E-state index contributed by atoms with van der Waals surface area (Å²) in [7, 11) is 1.54. The Hall–Kier alpha value is -2.57. The summed E-state index contributed by atoms with van der Waals surface area (Å²) in [4.78, 5) is 4.27. The molecular weight excluding hydrogens is 283 g/mol. The van der Waals surface area contributed by atoms with E-state index in [1.54, 1.807) is 25.4 Å². The molecule has 0 N–H and O–H groups in total. The van der Waals surface area contributed by atoms with E-state index in [9.17, 15) is 13.2 Å². The van der Waals surface area contributed by atoms with Crippen LogP contribution < -0.4 is 4.74 Å². The van der Waals surface area contributed by atoms with E-state index in [1.807, 2.05) is 0 Å². The lowest BCUT2D eigenvalue weighted by Gasteiger charge is -2.05. The number of pyridine rings is 1. The number of benzene rings is 1. The Balaban J connectivity index is 2.00. The predicted octanol–water partition coefficient (Wildman–Crippen LogP) is 3.42. The summed E-state index contributed by atoms with van der Waals surface area (Å²) in [6.45, 7) is 0. The van der Waals surface area contributed by atoms with Crippen molar-refractivity contribution in [2.75, 3.05) is 7.11 Å². The normalized spacial score (nSPS) is 11.8. The molecule has 4 nitrogen and oxygen atoms in total. The number of aromatic nitrogens is 3. The quantitative estimate of drug-likeness (QED) is 0.726. The smallest absolute Gasteiger partial charge is 0.416 e. The van der Waals surface area contributed by atoms with Crippen molar-refractivity contribution in [3.8, 4) is 17.1 Å². The van der Waals surface area contributed by atoms with Crippen LogP contribution in [0.3, 0.4) is 0 Å². The number of halogens is 3. The van der Waals surface area contributed by atoms with Gasteiger partial charge in [0.2, 0.25) is 0 Å². The highest BCUT2D eigenvalue weighted by atomic mass is 19.4. The topological polar surface area (TPSA) is 39.4 Å². The average molecular weight is 293 g/mol. The van der Waals surface area contributed by atoms with E-state index in [1.165, 1.54) is 16.6 Å². The van der Waals surface area contributed by atoms with E-state index in [-0.39, 0.29) is 0 Å². The summed E-state index contributed by atoms with van der Waals surface area (Å²) in [6, 6.07) is 8.16. The fourth-order valence-corrected chi connectivity index (χ4v) is 1.92. The standard InChI is InChI=1S/C14H10F3N3O/c1-21-11-6-7-20-12(8-11)18-13(19-20)9-2-4-10(5-3-9)14(15,16)17/h2-8H,1H3. The summed E-state index contributed by atoms with van der Waals surface area (Å²) < 4.78 is 44.2. The Bertz CT molecular complexity index is 778. The van der Waals surface area contributed by atoms with Gasteiger partial charge in [0.25, 0.3) is 0 Å². The minimum absolute atomic E-state index is 0.358. The van der Waals surface area contributed by atoms with Crippen LogP contribution in [0, 0.1) is 0 Å². The number of alkyl halides is 3. The van der Waals surface area contributed by atoms with Gasteiger partial charge in [-0.25, -0.2) is 9.50 Å². The summed E-state index contributed by atoms with van der Waals surface area (Å²) in [6.07, 6.45) is -2.67. The molecule has 2 aromatic heterocycles. The van der Waals surface area contributed by atoms with Gasteiger partial charge in [0.1, 0.15) is 5.75 Å². The lowest BCUT2D eigenvalue weighted by Crippen LogP contribution is -2.04. The van der Waals surface area contributed by atoms with Crippen LogP contribution in [0.1, 0.15) is 5.56 Å². The molecule has 21 heavy (non-hydrogen) atoms. The lowest BCUT2D eigenvalue weighted by atomic mass is 10.1. The van der Waals surface area contributed by atoms with Gasteiger partial charge in [-0.1, -0.05) is 12.1 Å². The summed E-state index contributed by atoms with van der Waals surface area (Å²) in [5.41, 5.74) is 0.381. The molecule has 0 spiro atoms. The lowest BCUT2D eigenvalue weighted by molar-refractivity contribution is -0.137. The monoisotopic (exact) mass is 293 g/mol. The third kappa shape index (κ3) is 2.54. The fraction of sp³-hybridized carbons (Fsp3) is 0.143. The van der Waals surface area contributed by atoms with Crippen molar-refractivity contribution in [1.29, 1.82) is 0 Å². The van der Waals surface area contributed by atoms with Crippen molar-refractivity contribution < 1.29 is 17.9 Å². The van der Waals surface area contributed by atoms with Crippen molar-refractivity contribution in [1.82, 2.24) is 14.6 Å². The van der Waals surface area contributed by atoms with Crippen LogP contribution in [0.15, 0.2) is 42.6 Å². The molecule has 0 saturated carbocycles. The van der Waals surface area contributed by atoms with E-state index < -0.39 is 11.7 Å². The molecule has 0 aliphatic rings. The second-order valence-corrected chi connectivity index (χ2v) is 4.38. The first-order valence-corrected chi connectivity index (χ1v) is 6.05. The van der Waals surface area contributed by atoms with Gasteiger partial charge in [-0.3, -0.25) is 0 Å². The molecule has 0 saturated heterocycles. The molecule has 3 rings (SSSR count). The molecule has 2 heterocycles. The van der Waals surface area contributed by atoms with Crippen LogP contribution in [-0.4, -0.2) is 21.7 Å². The highest BCUT2D eigenvalue weighted by Crippen LogP contribution is 2.30. The number of methoxy groups -OCH3 is 1. The van der Waals surface area contributed by atoms with Crippen molar-refractivity contribution in [3.05, 3.63) is 48.2 Å². The molecule has 3 aromatic rings. The van der Waals surface area contributed by atoms with Crippen LogP contribution in [0.5, 0.6) is 5.75 Å². The van der Waals surface area contributed by atoms with Gasteiger partial charge in [0, 0.05) is 17.8 Å². The van der Waals surface area contributed by atoms with Crippen molar-refractivity contribution in [2.45, 2.75) is 6.18 Å². The molecule has 108 valence electrons. The second kappa shape index (κ2) is 4.76. The molecule has 7 heteroatoms. The highest BCUT2D eigenvalue weighted by Gasteiger charge is 2.30. The molecule has 1 aromatic carbocycles. The molecule has 0 bridgehead atoms. The van der Waals surface area contributed by atoms with Gasteiger partial charge >= 0.3 is 6.18 Å². The molecular formula is C14H10F3N3O. The van der Waals surface area contributed by atoms with Gasteiger partial charge in [0.05, 0.1) is 12.7 Å². The van der Waals surface area contributed by atoms with Crippen molar-refractivity contribution in [2.24, 2.45) is 0 Å². The Kier molecular flexibility index (Phi) is 3.04. The number of fused-ring (bicyclic) bond motifs is 1. The van der Waals surface area contributed by atoms with Crippen LogP contribution >= 0.6 is 0 Å². The zero-order valence-corrected chi connectivity index (χ0v) is 10.9. The minimum atomic E-state index is -4.35. The maximum atomic E-state index is 12.5. The molecule has 0 aliphatic carbocycles.